The summed E-state index contributed by atoms with van der Waals surface area (Å²) in [6.45, 7) is 1.51. The fraction of sp³-hybridized carbons (Fsp3) is 0.400. The van der Waals surface area contributed by atoms with Crippen molar-refractivity contribution in [1.82, 2.24) is 0 Å². The van der Waals surface area contributed by atoms with E-state index in [-0.39, 0.29) is 11.7 Å². The molecule has 0 unspecified atom stereocenters. The van der Waals surface area contributed by atoms with Crippen LogP contribution in [-0.4, -0.2) is 21.4 Å². The molecule has 1 heterocycles. The SMILES string of the molecule is COC1=NS(=O)(=O)OC(C)=C1. The van der Waals surface area contributed by atoms with Crippen LogP contribution in [0.2, 0.25) is 0 Å². The van der Waals surface area contributed by atoms with Gasteiger partial charge in [-0.05, 0) is 6.92 Å². The van der Waals surface area contributed by atoms with Crippen LogP contribution in [0.1, 0.15) is 6.92 Å². The third-order valence-corrected chi connectivity index (χ3v) is 1.85. The summed E-state index contributed by atoms with van der Waals surface area (Å²) < 4.78 is 33.5. The van der Waals surface area contributed by atoms with E-state index in [1.165, 1.54) is 20.1 Å². The molecule has 0 bridgehead atoms. The minimum atomic E-state index is -3.80. The summed E-state index contributed by atoms with van der Waals surface area (Å²) >= 11 is 0. The predicted molar refractivity (Wildman–Crippen MR) is 38.2 cm³/mol. The minimum absolute atomic E-state index is 0.0359. The Morgan fingerprint density at radius 1 is 1.64 bits per heavy atom. The second-order valence-electron chi connectivity index (χ2n) is 1.90. The number of allylic oxidation sites excluding steroid dienone is 1. The monoisotopic (exact) mass is 177 g/mol. The molecule has 0 saturated heterocycles. The van der Waals surface area contributed by atoms with E-state index < -0.39 is 10.3 Å². The summed E-state index contributed by atoms with van der Waals surface area (Å²) in [6.07, 6.45) is 1.39. The molecule has 1 rings (SSSR count). The Bertz CT molecular complexity index is 313. The van der Waals surface area contributed by atoms with Crippen LogP contribution in [-0.2, 0) is 19.2 Å². The maximum atomic E-state index is 10.7. The average molecular weight is 177 g/mol. The van der Waals surface area contributed by atoms with Crippen LogP contribution < -0.4 is 0 Å². The Morgan fingerprint density at radius 3 is 2.73 bits per heavy atom. The van der Waals surface area contributed by atoms with Gasteiger partial charge in [0.1, 0.15) is 5.76 Å². The number of hydrogen-bond acceptors (Lipinski definition) is 4. The largest absolute Gasteiger partial charge is 0.480 e. The Morgan fingerprint density at radius 2 is 2.27 bits per heavy atom. The van der Waals surface area contributed by atoms with Gasteiger partial charge in [-0.1, -0.05) is 4.40 Å². The highest BCUT2D eigenvalue weighted by Crippen LogP contribution is 2.11. The first kappa shape index (κ1) is 8.06. The number of ether oxygens (including phenoxy) is 1. The topological polar surface area (TPSA) is 65.0 Å². The Balaban J connectivity index is 3.06. The van der Waals surface area contributed by atoms with Crippen molar-refractivity contribution in [2.45, 2.75) is 6.92 Å². The van der Waals surface area contributed by atoms with Crippen molar-refractivity contribution >= 4 is 16.2 Å². The molecule has 1 aliphatic heterocycles. The molecule has 1 aliphatic rings. The summed E-state index contributed by atoms with van der Waals surface area (Å²) in [4.78, 5) is 0. The predicted octanol–water partition coefficient (Wildman–Crippen LogP) is 0.210. The molecule has 0 atom stereocenters. The maximum absolute atomic E-state index is 10.7. The molecule has 5 nitrogen and oxygen atoms in total. The van der Waals surface area contributed by atoms with Gasteiger partial charge < -0.3 is 8.92 Å². The van der Waals surface area contributed by atoms with Crippen molar-refractivity contribution in [3.8, 4) is 0 Å². The van der Waals surface area contributed by atoms with Crippen LogP contribution in [0.15, 0.2) is 16.2 Å². The number of rotatable bonds is 0. The number of hydrogen-bond donors (Lipinski definition) is 0. The normalized spacial score (nSPS) is 21.3. The molecule has 62 valence electrons. The second-order valence-corrected chi connectivity index (χ2v) is 3.10. The van der Waals surface area contributed by atoms with Gasteiger partial charge in [0.05, 0.1) is 7.11 Å². The van der Waals surface area contributed by atoms with Crippen molar-refractivity contribution in [2.24, 2.45) is 4.40 Å². The first-order valence-electron chi connectivity index (χ1n) is 2.80. The van der Waals surface area contributed by atoms with Crippen molar-refractivity contribution < 1.29 is 17.3 Å². The molecule has 0 N–H and O–H groups in total. The quantitative estimate of drug-likeness (QED) is 0.530. The lowest BCUT2D eigenvalue weighted by atomic mass is 10.5. The van der Waals surface area contributed by atoms with Gasteiger partial charge in [-0.2, -0.15) is 8.42 Å². The summed E-state index contributed by atoms with van der Waals surface area (Å²) in [5, 5.41) is 0. The lowest BCUT2D eigenvalue weighted by Crippen LogP contribution is -2.12. The first-order chi connectivity index (χ1) is 5.03. The summed E-state index contributed by atoms with van der Waals surface area (Å²) in [7, 11) is -2.46. The van der Waals surface area contributed by atoms with Crippen molar-refractivity contribution in [2.75, 3.05) is 7.11 Å². The molecule has 6 heteroatoms. The lowest BCUT2D eigenvalue weighted by Gasteiger charge is -2.08. The Kier molecular flexibility index (Phi) is 1.86. The van der Waals surface area contributed by atoms with E-state index in [2.05, 4.69) is 13.3 Å². The highest BCUT2D eigenvalue weighted by atomic mass is 32.2. The van der Waals surface area contributed by atoms with Crippen LogP contribution in [0.25, 0.3) is 0 Å². The smallest absolute Gasteiger partial charge is 0.431 e. The third kappa shape index (κ3) is 1.94. The fourth-order valence-electron chi connectivity index (χ4n) is 0.615. The maximum Gasteiger partial charge on any atom is 0.431 e. The molecule has 0 saturated carbocycles. The van der Waals surface area contributed by atoms with Gasteiger partial charge in [0, 0.05) is 6.08 Å². The van der Waals surface area contributed by atoms with Gasteiger partial charge in [-0.3, -0.25) is 0 Å². The molecule has 0 fully saturated rings. The zero-order chi connectivity index (χ0) is 8.48. The van der Waals surface area contributed by atoms with Gasteiger partial charge in [0.15, 0.2) is 0 Å². The van der Waals surface area contributed by atoms with Crippen LogP contribution in [0.3, 0.4) is 0 Å². The lowest BCUT2D eigenvalue weighted by molar-refractivity contribution is 0.379. The highest BCUT2D eigenvalue weighted by molar-refractivity contribution is 7.85. The number of methoxy groups -OCH3 is 1. The fourth-order valence-corrected chi connectivity index (χ4v) is 1.38. The first-order valence-corrected chi connectivity index (χ1v) is 4.17. The molecule has 0 aromatic rings. The molecule has 0 aliphatic carbocycles. The van der Waals surface area contributed by atoms with Gasteiger partial charge >= 0.3 is 10.3 Å². The summed E-state index contributed by atoms with van der Waals surface area (Å²) in [6, 6.07) is 0. The molecule has 11 heavy (non-hydrogen) atoms. The van der Waals surface area contributed by atoms with Crippen LogP contribution in [0.5, 0.6) is 0 Å². The highest BCUT2D eigenvalue weighted by Gasteiger charge is 2.17. The second kappa shape index (κ2) is 2.54. The van der Waals surface area contributed by atoms with E-state index in [4.69, 9.17) is 0 Å². The van der Waals surface area contributed by atoms with E-state index in [1.54, 1.807) is 0 Å². The summed E-state index contributed by atoms with van der Waals surface area (Å²) in [5.74, 6) is 0.283. The van der Waals surface area contributed by atoms with E-state index in [0.717, 1.165) is 0 Å². The minimum Gasteiger partial charge on any atom is -0.480 e. The standard InChI is InChI=1S/C5H7NO4S/c1-4-3-5(9-2)6-11(7,8)10-4/h3H,1-2H3. The third-order valence-electron chi connectivity index (χ3n) is 0.974. The van der Waals surface area contributed by atoms with Crippen molar-refractivity contribution in [3.05, 3.63) is 11.8 Å². The van der Waals surface area contributed by atoms with Crippen LogP contribution in [0.4, 0.5) is 0 Å². The van der Waals surface area contributed by atoms with Gasteiger partial charge in [0.2, 0.25) is 5.90 Å². The zero-order valence-corrected chi connectivity index (χ0v) is 6.88. The van der Waals surface area contributed by atoms with Gasteiger partial charge in [-0.25, -0.2) is 0 Å². The molecular weight excluding hydrogens is 170 g/mol. The van der Waals surface area contributed by atoms with E-state index in [1.807, 2.05) is 0 Å². The van der Waals surface area contributed by atoms with Gasteiger partial charge in [-0.15, -0.1) is 0 Å². The van der Waals surface area contributed by atoms with Gasteiger partial charge in [0.25, 0.3) is 0 Å². The Labute approximate surface area is 64.6 Å². The van der Waals surface area contributed by atoms with Crippen LogP contribution >= 0.6 is 0 Å². The van der Waals surface area contributed by atoms with Crippen LogP contribution in [0, 0.1) is 0 Å². The van der Waals surface area contributed by atoms with E-state index >= 15 is 0 Å². The molecule has 0 radical (unpaired) electrons. The molecule has 0 amide bonds. The molecule has 0 spiro atoms. The molecular formula is C5H7NO4S. The zero-order valence-electron chi connectivity index (χ0n) is 6.07. The number of nitrogens with zero attached hydrogens (tertiary/aromatic N) is 1. The molecule has 0 aromatic carbocycles. The van der Waals surface area contributed by atoms with E-state index in [0.29, 0.717) is 0 Å². The van der Waals surface area contributed by atoms with Crippen molar-refractivity contribution in [1.29, 1.82) is 0 Å². The average Bonchev–Trinajstić information content (AvgIpc) is 1.83. The Hall–Kier alpha value is -1.04. The summed E-state index contributed by atoms with van der Waals surface area (Å²) in [5.41, 5.74) is 0. The van der Waals surface area contributed by atoms with Crippen molar-refractivity contribution in [3.63, 3.8) is 0 Å². The van der Waals surface area contributed by atoms with E-state index in [9.17, 15) is 8.42 Å². The molecule has 0 aromatic heterocycles.